The molecule has 1 saturated heterocycles. The van der Waals surface area contributed by atoms with Crippen molar-refractivity contribution in [3.63, 3.8) is 0 Å². The zero-order valence-corrected chi connectivity index (χ0v) is 17.1. The molecule has 2 aromatic rings. The second kappa shape index (κ2) is 8.11. The highest BCUT2D eigenvalue weighted by Crippen LogP contribution is 2.29. The van der Waals surface area contributed by atoms with Crippen LogP contribution in [0.15, 0.2) is 45.9 Å². The lowest BCUT2D eigenvalue weighted by Gasteiger charge is -2.33. The summed E-state index contributed by atoms with van der Waals surface area (Å²) in [5.41, 5.74) is 5.63. The van der Waals surface area contributed by atoms with Crippen LogP contribution in [0.1, 0.15) is 33.8 Å². The molecule has 0 bridgehead atoms. The third kappa shape index (κ3) is 4.34. The average Bonchev–Trinajstić information content (AvgIpc) is 3.44. The molecule has 2 N–H and O–H groups in total. The Kier molecular flexibility index (Phi) is 5.52. The van der Waals surface area contributed by atoms with Crippen LogP contribution in [0.4, 0.5) is 0 Å². The van der Waals surface area contributed by atoms with Gasteiger partial charge in [0.1, 0.15) is 5.75 Å². The molecule has 4 rings (SSSR count). The van der Waals surface area contributed by atoms with E-state index >= 15 is 0 Å². The number of benzene rings is 1. The number of furan rings is 1. The zero-order valence-electron chi connectivity index (χ0n) is 16.3. The van der Waals surface area contributed by atoms with Gasteiger partial charge in [-0.25, -0.2) is 8.42 Å². The molecular weight excluding hydrogens is 410 g/mol. The van der Waals surface area contributed by atoms with E-state index in [1.54, 1.807) is 29.2 Å². The van der Waals surface area contributed by atoms with Crippen molar-refractivity contribution in [1.29, 1.82) is 0 Å². The van der Waals surface area contributed by atoms with E-state index in [0.717, 1.165) is 5.75 Å². The lowest BCUT2D eigenvalue weighted by atomic mass is 10.2. The number of ether oxygens (including phenoxy) is 1. The lowest BCUT2D eigenvalue weighted by molar-refractivity contribution is 0.0696. The van der Waals surface area contributed by atoms with Crippen molar-refractivity contribution in [2.24, 2.45) is 11.7 Å². The molecule has 2 fully saturated rings. The molecule has 2 heterocycles. The summed E-state index contributed by atoms with van der Waals surface area (Å²) in [6, 6.07) is 9.45. The standard InChI is InChI=1S/C20H23N3O6S/c21-19(24)17-7-8-18(29-17)30(26,27)23-11-9-22(10-12-23)20(25)15-3-5-16(6-4-15)28-13-14-1-2-14/h3-8,14H,1-2,9-13H2,(H2,21,24). The molecule has 1 aromatic carbocycles. The van der Waals surface area contributed by atoms with Crippen LogP contribution in [0.3, 0.4) is 0 Å². The van der Waals surface area contributed by atoms with Crippen LogP contribution < -0.4 is 10.5 Å². The number of nitrogens with two attached hydrogens (primary N) is 1. The maximum atomic E-state index is 12.7. The van der Waals surface area contributed by atoms with Crippen LogP contribution >= 0.6 is 0 Å². The quantitative estimate of drug-likeness (QED) is 0.702. The Morgan fingerprint density at radius 2 is 1.70 bits per heavy atom. The van der Waals surface area contributed by atoms with Gasteiger partial charge in [-0.1, -0.05) is 0 Å². The highest BCUT2D eigenvalue weighted by Gasteiger charge is 2.33. The number of carbonyl (C=O) groups excluding carboxylic acids is 2. The van der Waals surface area contributed by atoms with E-state index in [1.165, 1.54) is 29.3 Å². The summed E-state index contributed by atoms with van der Waals surface area (Å²) in [5.74, 6) is 0.183. The van der Waals surface area contributed by atoms with Gasteiger partial charge < -0.3 is 19.8 Å². The number of amides is 2. The molecule has 1 aromatic heterocycles. The maximum Gasteiger partial charge on any atom is 0.284 e. The second-order valence-electron chi connectivity index (χ2n) is 7.46. The summed E-state index contributed by atoms with van der Waals surface area (Å²) in [6.45, 7) is 1.47. The number of hydrogen-bond donors (Lipinski definition) is 1. The van der Waals surface area contributed by atoms with E-state index in [1.807, 2.05) is 0 Å². The Balaban J connectivity index is 1.35. The molecule has 9 nitrogen and oxygen atoms in total. The third-order valence-electron chi connectivity index (χ3n) is 5.23. The maximum absolute atomic E-state index is 12.7. The molecule has 2 amide bonds. The first kappa shape index (κ1) is 20.4. The average molecular weight is 433 g/mol. The Labute approximate surface area is 174 Å². The van der Waals surface area contributed by atoms with E-state index < -0.39 is 15.9 Å². The predicted molar refractivity (Wildman–Crippen MR) is 107 cm³/mol. The number of hydrogen-bond acceptors (Lipinski definition) is 6. The van der Waals surface area contributed by atoms with Crippen molar-refractivity contribution in [3.8, 4) is 5.75 Å². The van der Waals surface area contributed by atoms with E-state index in [4.69, 9.17) is 14.9 Å². The van der Waals surface area contributed by atoms with Crippen LogP contribution in [0.2, 0.25) is 0 Å². The highest BCUT2D eigenvalue weighted by molar-refractivity contribution is 7.89. The van der Waals surface area contributed by atoms with Gasteiger partial charge >= 0.3 is 0 Å². The number of primary amides is 1. The van der Waals surface area contributed by atoms with E-state index in [2.05, 4.69) is 0 Å². The predicted octanol–water partition coefficient (Wildman–Crippen LogP) is 1.31. The fourth-order valence-electron chi connectivity index (χ4n) is 3.22. The summed E-state index contributed by atoms with van der Waals surface area (Å²) < 4.78 is 37.3. The van der Waals surface area contributed by atoms with Crippen molar-refractivity contribution in [2.45, 2.75) is 17.9 Å². The summed E-state index contributed by atoms with van der Waals surface area (Å²) in [7, 11) is -3.90. The lowest BCUT2D eigenvalue weighted by Crippen LogP contribution is -2.50. The van der Waals surface area contributed by atoms with Crippen molar-refractivity contribution in [1.82, 2.24) is 9.21 Å². The van der Waals surface area contributed by atoms with Gasteiger partial charge in [0, 0.05) is 31.7 Å². The Morgan fingerprint density at radius 3 is 2.27 bits per heavy atom. The molecule has 30 heavy (non-hydrogen) atoms. The van der Waals surface area contributed by atoms with Crippen LogP contribution in [-0.4, -0.2) is 62.2 Å². The van der Waals surface area contributed by atoms with E-state index in [-0.39, 0.29) is 42.9 Å². The fourth-order valence-corrected chi connectivity index (χ4v) is 4.56. The first-order chi connectivity index (χ1) is 14.3. The number of piperazine rings is 1. The monoisotopic (exact) mass is 433 g/mol. The van der Waals surface area contributed by atoms with Crippen molar-refractivity contribution >= 4 is 21.8 Å². The fraction of sp³-hybridized carbons (Fsp3) is 0.400. The third-order valence-corrected chi connectivity index (χ3v) is 7.00. The Morgan fingerprint density at radius 1 is 1.03 bits per heavy atom. The Hall–Kier alpha value is -2.85. The summed E-state index contributed by atoms with van der Waals surface area (Å²) in [6.07, 6.45) is 2.43. The number of sulfonamides is 1. The largest absolute Gasteiger partial charge is 0.493 e. The minimum Gasteiger partial charge on any atom is -0.493 e. The number of carbonyl (C=O) groups is 2. The molecule has 1 aliphatic carbocycles. The van der Waals surface area contributed by atoms with Gasteiger partial charge in [-0.2, -0.15) is 4.31 Å². The van der Waals surface area contributed by atoms with Gasteiger partial charge in [0.25, 0.3) is 21.8 Å². The molecule has 0 radical (unpaired) electrons. The van der Waals surface area contributed by atoms with Gasteiger partial charge in [0.05, 0.1) is 6.61 Å². The first-order valence-electron chi connectivity index (χ1n) is 9.76. The molecule has 160 valence electrons. The molecule has 1 saturated carbocycles. The van der Waals surface area contributed by atoms with Crippen LogP contribution in [0.25, 0.3) is 0 Å². The molecule has 0 spiro atoms. The summed E-state index contributed by atoms with van der Waals surface area (Å²) in [4.78, 5) is 25.5. The molecule has 1 aliphatic heterocycles. The molecular formula is C20H23N3O6S. The smallest absolute Gasteiger partial charge is 0.284 e. The first-order valence-corrected chi connectivity index (χ1v) is 11.2. The normalized spacial score (nSPS) is 17.7. The molecule has 0 atom stereocenters. The molecule has 10 heteroatoms. The number of rotatable bonds is 7. The van der Waals surface area contributed by atoms with Gasteiger partial charge in [-0.05, 0) is 55.2 Å². The highest BCUT2D eigenvalue weighted by atomic mass is 32.2. The minimum atomic E-state index is -3.90. The van der Waals surface area contributed by atoms with E-state index in [0.29, 0.717) is 18.1 Å². The van der Waals surface area contributed by atoms with Crippen molar-refractivity contribution < 1.29 is 27.2 Å². The Bertz CT molecular complexity index is 1030. The van der Waals surface area contributed by atoms with E-state index in [9.17, 15) is 18.0 Å². The molecule has 0 unspecified atom stereocenters. The number of nitrogens with zero attached hydrogens (tertiary/aromatic N) is 2. The van der Waals surface area contributed by atoms with Crippen molar-refractivity contribution in [2.75, 3.05) is 32.8 Å². The SMILES string of the molecule is NC(=O)c1ccc(S(=O)(=O)N2CCN(C(=O)c3ccc(OCC4CC4)cc3)CC2)o1. The summed E-state index contributed by atoms with van der Waals surface area (Å²) >= 11 is 0. The van der Waals surface area contributed by atoms with Gasteiger partial charge in [-0.3, -0.25) is 9.59 Å². The summed E-state index contributed by atoms with van der Waals surface area (Å²) in [5, 5.41) is -0.335. The molecule has 2 aliphatic rings. The van der Waals surface area contributed by atoms with Crippen LogP contribution in [0, 0.1) is 5.92 Å². The van der Waals surface area contributed by atoms with Crippen LogP contribution in [0.5, 0.6) is 5.75 Å². The topological polar surface area (TPSA) is 123 Å². The zero-order chi connectivity index (χ0) is 21.3. The second-order valence-corrected chi connectivity index (χ2v) is 9.33. The van der Waals surface area contributed by atoms with Crippen molar-refractivity contribution in [3.05, 3.63) is 47.7 Å². The van der Waals surface area contributed by atoms with Gasteiger partial charge in [-0.15, -0.1) is 0 Å². The van der Waals surface area contributed by atoms with Gasteiger partial charge in [0.15, 0.2) is 5.76 Å². The van der Waals surface area contributed by atoms with Crippen LogP contribution in [-0.2, 0) is 10.0 Å². The van der Waals surface area contributed by atoms with Gasteiger partial charge in [0.2, 0.25) is 5.09 Å². The minimum absolute atomic E-state index is 0.128.